The predicted molar refractivity (Wildman–Crippen MR) is 79.5 cm³/mol. The van der Waals surface area contributed by atoms with Crippen LogP contribution in [0, 0.1) is 0 Å². The molecule has 0 radical (unpaired) electrons. The normalized spacial score (nSPS) is 10.7. The van der Waals surface area contributed by atoms with Crippen LogP contribution in [0.4, 0.5) is 0 Å². The predicted octanol–water partition coefficient (Wildman–Crippen LogP) is 3.55. The summed E-state index contributed by atoms with van der Waals surface area (Å²) in [6.07, 6.45) is 2.23. The number of carbonyl (C=O) groups excluding carboxylic acids is 1. The number of carbonyl (C=O) groups is 1. The summed E-state index contributed by atoms with van der Waals surface area (Å²) in [6.45, 7) is 0. The molecule has 0 amide bonds. The maximum absolute atomic E-state index is 11.3. The highest BCUT2D eigenvalue weighted by Crippen LogP contribution is 2.24. The third kappa shape index (κ3) is 2.43. The number of hydrogen-bond acceptors (Lipinski definition) is 2. The van der Waals surface area contributed by atoms with Crippen molar-refractivity contribution in [3.05, 3.63) is 60.3 Å². The van der Waals surface area contributed by atoms with Gasteiger partial charge in [-0.15, -0.1) is 0 Å². The van der Waals surface area contributed by atoms with E-state index in [9.17, 15) is 4.79 Å². The van der Waals surface area contributed by atoms with E-state index < -0.39 is 0 Å². The second-order valence-electron chi connectivity index (χ2n) is 4.73. The first-order valence-corrected chi connectivity index (χ1v) is 6.49. The molecule has 0 aliphatic heterocycles. The van der Waals surface area contributed by atoms with Crippen LogP contribution >= 0.6 is 0 Å². The van der Waals surface area contributed by atoms with Gasteiger partial charge >= 0.3 is 5.97 Å². The van der Waals surface area contributed by atoms with E-state index in [1.54, 1.807) is 0 Å². The zero-order valence-corrected chi connectivity index (χ0v) is 11.2. The SMILES string of the molecule is COC(=O)Cc1cccc(-c2ccc3[nH]ccc3c2)c1. The van der Waals surface area contributed by atoms with Crippen molar-refractivity contribution in [3.8, 4) is 11.1 Å². The van der Waals surface area contributed by atoms with Crippen molar-refractivity contribution < 1.29 is 9.53 Å². The van der Waals surface area contributed by atoms with E-state index in [1.165, 1.54) is 12.5 Å². The van der Waals surface area contributed by atoms with Crippen molar-refractivity contribution in [1.29, 1.82) is 0 Å². The lowest BCUT2D eigenvalue weighted by Crippen LogP contribution is -2.04. The molecule has 1 heterocycles. The van der Waals surface area contributed by atoms with Crippen molar-refractivity contribution in [2.45, 2.75) is 6.42 Å². The molecule has 0 aliphatic carbocycles. The summed E-state index contributed by atoms with van der Waals surface area (Å²) in [5, 5.41) is 1.18. The Morgan fingerprint density at radius 1 is 1.10 bits per heavy atom. The van der Waals surface area contributed by atoms with E-state index in [2.05, 4.69) is 35.3 Å². The Hall–Kier alpha value is -2.55. The molecule has 0 atom stereocenters. The van der Waals surface area contributed by atoms with Gasteiger partial charge in [0.15, 0.2) is 0 Å². The van der Waals surface area contributed by atoms with Gasteiger partial charge < -0.3 is 9.72 Å². The molecule has 20 heavy (non-hydrogen) atoms. The minimum atomic E-state index is -0.219. The molecule has 1 N–H and O–H groups in total. The Morgan fingerprint density at radius 3 is 2.80 bits per heavy atom. The summed E-state index contributed by atoms with van der Waals surface area (Å²) < 4.78 is 4.70. The molecule has 0 spiro atoms. The molecule has 100 valence electrons. The largest absolute Gasteiger partial charge is 0.469 e. The fourth-order valence-electron chi connectivity index (χ4n) is 2.33. The average molecular weight is 265 g/mol. The van der Waals surface area contributed by atoms with Gasteiger partial charge in [-0.2, -0.15) is 0 Å². The topological polar surface area (TPSA) is 42.1 Å². The van der Waals surface area contributed by atoms with Gasteiger partial charge in [0.2, 0.25) is 0 Å². The van der Waals surface area contributed by atoms with Crippen LogP contribution in [0.2, 0.25) is 0 Å². The van der Waals surface area contributed by atoms with Crippen molar-refractivity contribution in [2.24, 2.45) is 0 Å². The van der Waals surface area contributed by atoms with Crippen molar-refractivity contribution in [2.75, 3.05) is 7.11 Å². The number of aromatic nitrogens is 1. The summed E-state index contributed by atoms with van der Waals surface area (Å²) in [4.78, 5) is 14.5. The fraction of sp³-hybridized carbons (Fsp3) is 0.118. The van der Waals surface area contributed by atoms with Crippen LogP contribution in [-0.4, -0.2) is 18.1 Å². The van der Waals surface area contributed by atoms with Gasteiger partial charge in [-0.25, -0.2) is 0 Å². The van der Waals surface area contributed by atoms with Gasteiger partial charge in [0, 0.05) is 11.7 Å². The summed E-state index contributed by atoms with van der Waals surface area (Å²) >= 11 is 0. The van der Waals surface area contributed by atoms with Gasteiger partial charge in [0.25, 0.3) is 0 Å². The Bertz CT molecular complexity index is 758. The molecule has 0 saturated heterocycles. The van der Waals surface area contributed by atoms with E-state index in [1.807, 2.05) is 24.4 Å². The molecule has 0 aliphatic rings. The highest BCUT2D eigenvalue weighted by molar-refractivity contribution is 5.85. The second-order valence-corrected chi connectivity index (χ2v) is 4.73. The smallest absolute Gasteiger partial charge is 0.309 e. The number of benzene rings is 2. The number of aromatic amines is 1. The highest BCUT2D eigenvalue weighted by Gasteiger charge is 2.05. The van der Waals surface area contributed by atoms with Crippen LogP contribution in [0.3, 0.4) is 0 Å². The Balaban J connectivity index is 1.96. The molecule has 3 rings (SSSR count). The van der Waals surface area contributed by atoms with E-state index in [-0.39, 0.29) is 5.97 Å². The maximum Gasteiger partial charge on any atom is 0.309 e. The van der Waals surface area contributed by atoms with Crippen LogP contribution in [0.15, 0.2) is 54.7 Å². The van der Waals surface area contributed by atoms with Gasteiger partial charge in [-0.05, 0) is 40.3 Å². The number of rotatable bonds is 3. The first-order chi connectivity index (χ1) is 9.76. The minimum absolute atomic E-state index is 0.219. The van der Waals surface area contributed by atoms with E-state index in [4.69, 9.17) is 4.74 Å². The van der Waals surface area contributed by atoms with Crippen LogP contribution in [0.5, 0.6) is 0 Å². The Labute approximate surface area is 117 Å². The van der Waals surface area contributed by atoms with E-state index in [0.717, 1.165) is 22.2 Å². The molecule has 0 fully saturated rings. The maximum atomic E-state index is 11.3. The molecule has 3 heteroatoms. The standard InChI is InChI=1S/C17H15NO2/c1-20-17(19)10-12-3-2-4-13(9-12)14-5-6-16-15(11-14)7-8-18-16/h2-9,11,18H,10H2,1H3. The number of nitrogens with one attached hydrogen (secondary N) is 1. The van der Waals surface area contributed by atoms with Crippen molar-refractivity contribution in [1.82, 2.24) is 4.98 Å². The quantitative estimate of drug-likeness (QED) is 0.736. The lowest BCUT2D eigenvalue weighted by molar-refractivity contribution is -0.139. The van der Waals surface area contributed by atoms with E-state index >= 15 is 0 Å². The lowest BCUT2D eigenvalue weighted by Gasteiger charge is -2.05. The third-order valence-corrected chi connectivity index (χ3v) is 3.39. The summed E-state index contributed by atoms with van der Waals surface area (Å²) in [5.74, 6) is -0.219. The molecule has 2 aromatic carbocycles. The van der Waals surface area contributed by atoms with Crippen LogP contribution in [0.25, 0.3) is 22.0 Å². The van der Waals surface area contributed by atoms with Gasteiger partial charge in [-0.3, -0.25) is 4.79 Å². The summed E-state index contributed by atoms with van der Waals surface area (Å²) in [7, 11) is 1.41. The molecular formula is C17H15NO2. The molecule has 1 aromatic heterocycles. The zero-order valence-electron chi connectivity index (χ0n) is 11.2. The Kier molecular flexibility index (Phi) is 3.25. The minimum Gasteiger partial charge on any atom is -0.469 e. The third-order valence-electron chi connectivity index (χ3n) is 3.39. The number of fused-ring (bicyclic) bond motifs is 1. The van der Waals surface area contributed by atoms with Gasteiger partial charge in [0.05, 0.1) is 13.5 Å². The van der Waals surface area contributed by atoms with Gasteiger partial charge in [0.1, 0.15) is 0 Å². The zero-order chi connectivity index (χ0) is 13.9. The lowest BCUT2D eigenvalue weighted by atomic mass is 10.0. The number of hydrogen-bond donors (Lipinski definition) is 1. The highest BCUT2D eigenvalue weighted by atomic mass is 16.5. The molecule has 3 aromatic rings. The number of H-pyrrole nitrogens is 1. The Morgan fingerprint density at radius 2 is 1.95 bits per heavy atom. The number of ether oxygens (including phenoxy) is 1. The van der Waals surface area contributed by atoms with Crippen molar-refractivity contribution >= 4 is 16.9 Å². The monoisotopic (exact) mass is 265 g/mol. The molecule has 3 nitrogen and oxygen atoms in total. The first-order valence-electron chi connectivity index (χ1n) is 6.49. The molecule has 0 saturated carbocycles. The van der Waals surface area contributed by atoms with Gasteiger partial charge in [-0.1, -0.05) is 30.3 Å². The average Bonchev–Trinajstić information content (AvgIpc) is 2.94. The van der Waals surface area contributed by atoms with Crippen LogP contribution in [-0.2, 0) is 16.0 Å². The molecule has 0 bridgehead atoms. The van der Waals surface area contributed by atoms with Crippen LogP contribution in [0.1, 0.15) is 5.56 Å². The van der Waals surface area contributed by atoms with E-state index in [0.29, 0.717) is 6.42 Å². The first kappa shape index (κ1) is 12.5. The fourth-order valence-corrected chi connectivity index (χ4v) is 2.33. The van der Waals surface area contributed by atoms with Crippen LogP contribution < -0.4 is 0 Å². The second kappa shape index (κ2) is 5.21. The summed E-state index contributed by atoms with van der Waals surface area (Å²) in [5.41, 5.74) is 4.33. The number of methoxy groups -OCH3 is 1. The summed E-state index contributed by atoms with van der Waals surface area (Å²) in [6, 6.07) is 16.3. The number of esters is 1. The van der Waals surface area contributed by atoms with Crippen molar-refractivity contribution in [3.63, 3.8) is 0 Å². The molecular weight excluding hydrogens is 250 g/mol. The molecule has 0 unspecified atom stereocenters.